The molecule has 2 aliphatic rings. The number of nitrogens with zero attached hydrogens (tertiary/aromatic N) is 2. The molecule has 4 rings (SSSR count). The van der Waals surface area contributed by atoms with Gasteiger partial charge in [0, 0.05) is 12.0 Å². The van der Waals surface area contributed by atoms with Gasteiger partial charge in [-0.05, 0) is 38.3 Å². The number of para-hydroxylation sites is 2. The van der Waals surface area contributed by atoms with Crippen LogP contribution in [-0.4, -0.2) is 35.7 Å². The maximum absolute atomic E-state index is 11.8. The van der Waals surface area contributed by atoms with E-state index in [9.17, 15) is 5.11 Å². The van der Waals surface area contributed by atoms with Crippen LogP contribution in [0.3, 0.4) is 0 Å². The van der Waals surface area contributed by atoms with Crippen molar-refractivity contribution in [2.24, 2.45) is 0 Å². The number of anilines is 1. The Kier molecular flexibility index (Phi) is 4.45. The Hall–Kier alpha value is -2.33. The molecule has 1 atom stereocenters. The van der Waals surface area contributed by atoms with E-state index in [-0.39, 0.29) is 0 Å². The van der Waals surface area contributed by atoms with Crippen LogP contribution in [0.2, 0.25) is 0 Å². The van der Waals surface area contributed by atoms with Crippen molar-refractivity contribution in [3.05, 3.63) is 59.7 Å². The number of aryl methyl sites for hydroxylation is 1. The smallest absolute Gasteiger partial charge is 0.271 e. The number of hydrogen-bond acceptors (Lipinski definition) is 3. The Balaban J connectivity index is 1.83. The van der Waals surface area contributed by atoms with E-state index in [1.807, 2.05) is 18.2 Å². The van der Waals surface area contributed by atoms with Crippen LogP contribution < -0.4 is 9.64 Å². The van der Waals surface area contributed by atoms with E-state index in [1.165, 1.54) is 17.8 Å². The van der Waals surface area contributed by atoms with E-state index in [0.29, 0.717) is 6.54 Å². The van der Waals surface area contributed by atoms with Crippen LogP contribution in [0.15, 0.2) is 48.5 Å². The molecule has 4 heteroatoms. The van der Waals surface area contributed by atoms with Crippen molar-refractivity contribution in [3.63, 3.8) is 0 Å². The zero-order valence-corrected chi connectivity index (χ0v) is 15.6. The molecule has 0 saturated heterocycles. The van der Waals surface area contributed by atoms with E-state index < -0.39 is 5.72 Å². The maximum Gasteiger partial charge on any atom is 0.271 e. The fourth-order valence-corrected chi connectivity index (χ4v) is 4.21. The molecule has 0 aromatic heterocycles. The highest BCUT2D eigenvalue weighted by Crippen LogP contribution is 2.38. The third kappa shape index (κ3) is 2.78. The molecule has 4 nitrogen and oxygen atoms in total. The van der Waals surface area contributed by atoms with Crippen LogP contribution in [0.4, 0.5) is 5.69 Å². The predicted molar refractivity (Wildman–Crippen MR) is 104 cm³/mol. The van der Waals surface area contributed by atoms with Crippen molar-refractivity contribution >= 4 is 11.5 Å². The number of β-amino-alcohol motifs (C(OH)–C–C–N with tert-alkyl or cyclic N) is 1. The van der Waals surface area contributed by atoms with Crippen LogP contribution in [0.1, 0.15) is 36.8 Å². The Morgan fingerprint density at radius 3 is 2.58 bits per heavy atom. The SMILES string of the molecule is COc1ccccc1N1C[C@](O)(c2ccc(C)cc2)[N+]2=C1CCCCC2. The summed E-state index contributed by atoms with van der Waals surface area (Å²) in [5.74, 6) is 2.05. The van der Waals surface area contributed by atoms with Crippen LogP contribution in [-0.2, 0) is 5.72 Å². The number of amidine groups is 1. The normalized spacial score (nSPS) is 23.0. The Labute approximate surface area is 155 Å². The molecular formula is C22H27N2O2+. The molecule has 1 N–H and O–H groups in total. The highest BCUT2D eigenvalue weighted by Gasteiger charge is 2.52. The Bertz CT molecular complexity index is 828. The van der Waals surface area contributed by atoms with Crippen molar-refractivity contribution in [1.29, 1.82) is 0 Å². The molecule has 0 spiro atoms. The first kappa shape index (κ1) is 17.1. The van der Waals surface area contributed by atoms with Gasteiger partial charge in [-0.2, -0.15) is 0 Å². The summed E-state index contributed by atoms with van der Waals surface area (Å²) in [7, 11) is 1.70. The summed E-state index contributed by atoms with van der Waals surface area (Å²) in [4.78, 5) is 2.25. The minimum absolute atomic E-state index is 0.520. The van der Waals surface area contributed by atoms with Gasteiger partial charge in [0.1, 0.15) is 0 Å². The largest absolute Gasteiger partial charge is 0.492 e. The van der Waals surface area contributed by atoms with Gasteiger partial charge in [0.15, 0.2) is 18.0 Å². The third-order valence-corrected chi connectivity index (χ3v) is 5.62. The zero-order chi connectivity index (χ0) is 18.1. The average Bonchev–Trinajstić information content (AvgIpc) is 2.82. The molecule has 26 heavy (non-hydrogen) atoms. The van der Waals surface area contributed by atoms with Gasteiger partial charge in [-0.3, -0.25) is 0 Å². The van der Waals surface area contributed by atoms with Crippen molar-refractivity contribution in [3.8, 4) is 5.75 Å². The number of ether oxygens (including phenoxy) is 1. The molecule has 0 bridgehead atoms. The summed E-state index contributed by atoms with van der Waals surface area (Å²) in [6.07, 6.45) is 4.44. The van der Waals surface area contributed by atoms with Crippen molar-refractivity contribution < 1.29 is 14.4 Å². The zero-order valence-electron chi connectivity index (χ0n) is 15.6. The molecule has 0 aliphatic carbocycles. The Morgan fingerprint density at radius 2 is 1.81 bits per heavy atom. The van der Waals surface area contributed by atoms with Gasteiger partial charge < -0.3 is 9.84 Å². The number of methoxy groups -OCH3 is 1. The van der Waals surface area contributed by atoms with Gasteiger partial charge in [0.2, 0.25) is 0 Å². The summed E-state index contributed by atoms with van der Waals surface area (Å²) in [5, 5.41) is 11.8. The second kappa shape index (κ2) is 6.76. The fourth-order valence-electron chi connectivity index (χ4n) is 4.21. The molecule has 0 radical (unpaired) electrons. The highest BCUT2D eigenvalue weighted by molar-refractivity contribution is 5.97. The standard InChI is InChI=1S/C22H27N2O2/c1-17-11-13-18(14-12-17)22(25)16-23(19-8-5-6-9-20(19)26-2)21-10-4-3-7-15-24(21)22/h5-6,8-9,11-14,25H,3-4,7,10,15-16H2,1-2H3/q+1/t22-/m0/s1. The van der Waals surface area contributed by atoms with Gasteiger partial charge in [-0.1, -0.05) is 42.0 Å². The third-order valence-electron chi connectivity index (χ3n) is 5.62. The molecule has 2 aromatic carbocycles. The molecule has 0 amide bonds. The fraction of sp³-hybridized carbons (Fsp3) is 0.409. The number of hydrogen-bond donors (Lipinski definition) is 1. The molecule has 2 aliphatic heterocycles. The van der Waals surface area contributed by atoms with Crippen molar-refractivity contribution in [2.75, 3.05) is 25.1 Å². The summed E-state index contributed by atoms with van der Waals surface area (Å²) in [6, 6.07) is 16.4. The number of rotatable bonds is 3. The number of benzene rings is 2. The van der Waals surface area contributed by atoms with Gasteiger partial charge in [0.05, 0.1) is 13.7 Å². The highest BCUT2D eigenvalue weighted by atomic mass is 16.5. The van der Waals surface area contributed by atoms with Crippen molar-refractivity contribution in [2.45, 2.75) is 38.3 Å². The van der Waals surface area contributed by atoms with Crippen molar-refractivity contribution in [1.82, 2.24) is 0 Å². The quantitative estimate of drug-likeness (QED) is 0.858. The van der Waals surface area contributed by atoms with Crippen LogP contribution in [0.25, 0.3) is 0 Å². The lowest BCUT2D eigenvalue weighted by Gasteiger charge is -2.24. The van der Waals surface area contributed by atoms with E-state index in [1.54, 1.807) is 7.11 Å². The van der Waals surface area contributed by atoms with E-state index in [4.69, 9.17) is 4.74 Å². The minimum Gasteiger partial charge on any atom is -0.492 e. The van der Waals surface area contributed by atoms with E-state index >= 15 is 0 Å². The first-order valence-electron chi connectivity index (χ1n) is 9.47. The molecule has 0 unspecified atom stereocenters. The summed E-state index contributed by atoms with van der Waals surface area (Å²) in [6.45, 7) is 3.48. The first-order chi connectivity index (χ1) is 12.6. The molecule has 0 fully saturated rings. The van der Waals surface area contributed by atoms with Gasteiger partial charge in [-0.15, -0.1) is 0 Å². The second-order valence-electron chi connectivity index (χ2n) is 7.32. The molecule has 2 aromatic rings. The molecule has 2 heterocycles. The average molecular weight is 351 g/mol. The molecule has 0 saturated carbocycles. The van der Waals surface area contributed by atoms with Crippen LogP contribution in [0.5, 0.6) is 5.75 Å². The van der Waals surface area contributed by atoms with Gasteiger partial charge in [0.25, 0.3) is 11.6 Å². The van der Waals surface area contributed by atoms with Crippen LogP contribution >= 0.6 is 0 Å². The molecular weight excluding hydrogens is 324 g/mol. The second-order valence-corrected chi connectivity index (χ2v) is 7.32. The van der Waals surface area contributed by atoms with Gasteiger partial charge in [-0.25, -0.2) is 9.48 Å². The van der Waals surface area contributed by atoms with Gasteiger partial charge >= 0.3 is 0 Å². The van der Waals surface area contributed by atoms with Crippen LogP contribution in [0, 0.1) is 6.92 Å². The topological polar surface area (TPSA) is 35.7 Å². The maximum atomic E-state index is 11.8. The number of aliphatic hydroxyl groups is 1. The Morgan fingerprint density at radius 1 is 1.04 bits per heavy atom. The summed E-state index contributed by atoms with van der Waals surface area (Å²) < 4.78 is 7.82. The summed E-state index contributed by atoms with van der Waals surface area (Å²) >= 11 is 0. The minimum atomic E-state index is -1.01. The molecule has 136 valence electrons. The first-order valence-corrected chi connectivity index (χ1v) is 9.47. The monoisotopic (exact) mass is 351 g/mol. The van der Waals surface area contributed by atoms with E-state index in [2.05, 4.69) is 46.7 Å². The van der Waals surface area contributed by atoms with E-state index in [0.717, 1.165) is 42.8 Å². The summed E-state index contributed by atoms with van der Waals surface area (Å²) in [5.41, 5.74) is 2.19. The predicted octanol–water partition coefficient (Wildman–Crippen LogP) is 3.65. The lowest BCUT2D eigenvalue weighted by Crippen LogP contribution is -2.41. The lowest BCUT2D eigenvalue weighted by atomic mass is 10.0. The lowest BCUT2D eigenvalue weighted by molar-refractivity contribution is -0.658.